The van der Waals surface area contributed by atoms with Gasteiger partial charge in [0.25, 0.3) is 0 Å². The number of aryl methyl sites for hydroxylation is 1. The number of benzene rings is 1. The Hall–Kier alpha value is -3.03. The van der Waals surface area contributed by atoms with E-state index in [2.05, 4.69) is 15.6 Å². The number of carbonyl (C=O) groups excluding carboxylic acids is 2. The standard InChI is InChI=1S/C18H23N5O3/c1-26-16-12-14(5-6-15(16)23-10-2-4-17(23)24)21-18(25)20-7-3-9-22-11-8-19-13-22/h5-6,8,11-13H,2-4,7,9-10H2,1H3,(H2,20,21,25). The first-order chi connectivity index (χ1) is 12.7. The van der Waals surface area contributed by atoms with Gasteiger partial charge in [0.2, 0.25) is 5.91 Å². The molecule has 1 fully saturated rings. The maximum atomic E-state index is 12.0. The van der Waals surface area contributed by atoms with Crippen LogP contribution in [0.4, 0.5) is 16.2 Å². The molecule has 8 nitrogen and oxygen atoms in total. The van der Waals surface area contributed by atoms with Crippen LogP contribution in [0, 0.1) is 0 Å². The van der Waals surface area contributed by atoms with Crippen LogP contribution in [0.15, 0.2) is 36.9 Å². The van der Waals surface area contributed by atoms with E-state index in [0.29, 0.717) is 30.9 Å². The minimum absolute atomic E-state index is 0.0969. The Morgan fingerprint density at radius 2 is 2.27 bits per heavy atom. The SMILES string of the molecule is COc1cc(NC(=O)NCCCn2ccnc2)ccc1N1CCCC1=O. The maximum absolute atomic E-state index is 12.0. The van der Waals surface area contributed by atoms with Crippen molar-refractivity contribution in [3.63, 3.8) is 0 Å². The van der Waals surface area contributed by atoms with E-state index < -0.39 is 0 Å². The summed E-state index contributed by atoms with van der Waals surface area (Å²) in [4.78, 5) is 29.6. The Kier molecular flexibility index (Phi) is 5.73. The highest BCUT2D eigenvalue weighted by atomic mass is 16.5. The van der Waals surface area contributed by atoms with E-state index in [1.165, 1.54) is 0 Å². The van der Waals surface area contributed by atoms with Crippen LogP contribution in [0.1, 0.15) is 19.3 Å². The van der Waals surface area contributed by atoms with E-state index in [9.17, 15) is 9.59 Å². The fraction of sp³-hybridized carbons (Fsp3) is 0.389. The molecule has 2 aromatic rings. The molecule has 1 saturated heterocycles. The lowest BCUT2D eigenvalue weighted by Crippen LogP contribution is -2.30. The molecule has 0 bridgehead atoms. The molecule has 2 N–H and O–H groups in total. The summed E-state index contributed by atoms with van der Waals surface area (Å²) in [6.07, 6.45) is 7.59. The number of urea groups is 1. The van der Waals surface area contributed by atoms with Crippen LogP contribution in [0.25, 0.3) is 0 Å². The topological polar surface area (TPSA) is 88.5 Å². The summed E-state index contributed by atoms with van der Waals surface area (Å²) in [6, 6.07) is 5.03. The number of amides is 3. The average Bonchev–Trinajstić information content (AvgIpc) is 3.30. The normalized spacial score (nSPS) is 13.7. The van der Waals surface area contributed by atoms with Gasteiger partial charge in [-0.25, -0.2) is 9.78 Å². The van der Waals surface area contributed by atoms with Crippen molar-refractivity contribution in [3.05, 3.63) is 36.9 Å². The Labute approximate surface area is 152 Å². The van der Waals surface area contributed by atoms with Crippen LogP contribution in [-0.4, -0.2) is 41.7 Å². The second kappa shape index (κ2) is 8.37. The van der Waals surface area contributed by atoms with E-state index in [-0.39, 0.29) is 11.9 Å². The summed E-state index contributed by atoms with van der Waals surface area (Å²) in [5.74, 6) is 0.665. The van der Waals surface area contributed by atoms with Crippen molar-refractivity contribution < 1.29 is 14.3 Å². The van der Waals surface area contributed by atoms with Gasteiger partial charge in [0.05, 0.1) is 19.1 Å². The number of ether oxygens (including phenoxy) is 1. The third-order valence-corrected chi connectivity index (χ3v) is 4.24. The van der Waals surface area contributed by atoms with Gasteiger partial charge in [-0.1, -0.05) is 0 Å². The van der Waals surface area contributed by atoms with Gasteiger partial charge in [-0.3, -0.25) is 4.79 Å². The fourth-order valence-corrected chi connectivity index (χ4v) is 2.94. The number of aromatic nitrogens is 2. The Bertz CT molecular complexity index is 760. The van der Waals surface area contributed by atoms with Gasteiger partial charge in [0.15, 0.2) is 0 Å². The van der Waals surface area contributed by atoms with Crippen molar-refractivity contribution in [1.29, 1.82) is 0 Å². The third kappa shape index (κ3) is 4.33. The highest BCUT2D eigenvalue weighted by molar-refractivity contribution is 5.97. The van der Waals surface area contributed by atoms with Crippen molar-refractivity contribution in [2.24, 2.45) is 0 Å². The fourth-order valence-electron chi connectivity index (χ4n) is 2.94. The quantitative estimate of drug-likeness (QED) is 0.744. The van der Waals surface area contributed by atoms with Gasteiger partial charge in [-0.15, -0.1) is 0 Å². The molecule has 3 rings (SSSR count). The lowest BCUT2D eigenvalue weighted by atomic mass is 10.2. The number of nitrogens with one attached hydrogen (secondary N) is 2. The first-order valence-electron chi connectivity index (χ1n) is 8.66. The smallest absolute Gasteiger partial charge is 0.319 e. The van der Waals surface area contributed by atoms with Gasteiger partial charge in [0, 0.05) is 50.2 Å². The lowest BCUT2D eigenvalue weighted by molar-refractivity contribution is -0.117. The number of rotatable bonds is 7. The summed E-state index contributed by atoms with van der Waals surface area (Å²) < 4.78 is 7.36. The molecule has 0 saturated carbocycles. The van der Waals surface area contributed by atoms with E-state index in [4.69, 9.17) is 4.74 Å². The number of methoxy groups -OCH3 is 1. The van der Waals surface area contributed by atoms with Gasteiger partial charge < -0.3 is 24.8 Å². The van der Waals surface area contributed by atoms with Gasteiger partial charge in [-0.2, -0.15) is 0 Å². The molecule has 0 unspecified atom stereocenters. The number of hydrogen-bond donors (Lipinski definition) is 2. The largest absolute Gasteiger partial charge is 0.494 e. The molecule has 2 heterocycles. The molecule has 8 heteroatoms. The lowest BCUT2D eigenvalue weighted by Gasteiger charge is -2.19. The Morgan fingerprint density at radius 1 is 1.38 bits per heavy atom. The monoisotopic (exact) mass is 357 g/mol. The minimum Gasteiger partial charge on any atom is -0.494 e. The molecule has 0 spiro atoms. The number of hydrogen-bond acceptors (Lipinski definition) is 4. The molecular formula is C18H23N5O3. The number of imidazole rings is 1. The Balaban J connectivity index is 1.52. The van der Waals surface area contributed by atoms with Gasteiger partial charge >= 0.3 is 6.03 Å². The van der Waals surface area contributed by atoms with Crippen LogP contribution < -0.4 is 20.3 Å². The highest BCUT2D eigenvalue weighted by Gasteiger charge is 2.24. The zero-order valence-corrected chi connectivity index (χ0v) is 14.8. The van der Waals surface area contributed by atoms with Crippen LogP contribution in [-0.2, 0) is 11.3 Å². The first kappa shape index (κ1) is 17.8. The second-order valence-electron chi connectivity index (χ2n) is 6.07. The van der Waals surface area contributed by atoms with E-state index in [1.54, 1.807) is 42.7 Å². The van der Waals surface area contributed by atoms with Crippen molar-refractivity contribution in [1.82, 2.24) is 14.9 Å². The summed E-state index contributed by atoms with van der Waals surface area (Å²) in [5.41, 5.74) is 1.35. The van der Waals surface area contributed by atoms with Crippen molar-refractivity contribution in [2.45, 2.75) is 25.8 Å². The molecule has 1 aliphatic rings. The molecule has 1 aliphatic heterocycles. The molecular weight excluding hydrogens is 334 g/mol. The van der Waals surface area contributed by atoms with Gasteiger partial charge in [-0.05, 0) is 25.0 Å². The Morgan fingerprint density at radius 3 is 2.96 bits per heavy atom. The second-order valence-corrected chi connectivity index (χ2v) is 6.07. The summed E-state index contributed by atoms with van der Waals surface area (Å²) in [6.45, 7) is 2.05. The number of carbonyl (C=O) groups is 2. The third-order valence-electron chi connectivity index (χ3n) is 4.24. The number of nitrogens with zero attached hydrogens (tertiary/aromatic N) is 3. The average molecular weight is 357 g/mol. The predicted octanol–water partition coefficient (Wildman–Crippen LogP) is 2.23. The maximum Gasteiger partial charge on any atom is 0.319 e. The van der Waals surface area contributed by atoms with E-state index >= 15 is 0 Å². The summed E-state index contributed by atoms with van der Waals surface area (Å²) in [5, 5.41) is 5.61. The molecule has 26 heavy (non-hydrogen) atoms. The highest BCUT2D eigenvalue weighted by Crippen LogP contribution is 2.33. The molecule has 1 aromatic carbocycles. The molecule has 138 valence electrons. The molecule has 0 aliphatic carbocycles. The van der Waals surface area contributed by atoms with Crippen molar-refractivity contribution in [3.8, 4) is 5.75 Å². The molecule has 0 radical (unpaired) electrons. The minimum atomic E-state index is -0.275. The summed E-state index contributed by atoms with van der Waals surface area (Å²) in [7, 11) is 1.55. The molecule has 3 amide bonds. The van der Waals surface area contributed by atoms with Crippen LogP contribution in [0.2, 0.25) is 0 Å². The predicted molar refractivity (Wildman–Crippen MR) is 98.4 cm³/mol. The van der Waals surface area contributed by atoms with Crippen LogP contribution in [0.5, 0.6) is 5.75 Å². The van der Waals surface area contributed by atoms with Crippen molar-refractivity contribution in [2.75, 3.05) is 30.4 Å². The summed E-state index contributed by atoms with van der Waals surface area (Å²) >= 11 is 0. The van der Waals surface area contributed by atoms with E-state index in [0.717, 1.165) is 25.1 Å². The molecule has 1 aromatic heterocycles. The zero-order valence-electron chi connectivity index (χ0n) is 14.8. The van der Waals surface area contributed by atoms with Crippen molar-refractivity contribution >= 4 is 23.3 Å². The van der Waals surface area contributed by atoms with Crippen LogP contribution >= 0.6 is 0 Å². The van der Waals surface area contributed by atoms with Gasteiger partial charge in [0.1, 0.15) is 5.75 Å². The number of anilines is 2. The first-order valence-corrected chi connectivity index (χ1v) is 8.66. The van der Waals surface area contributed by atoms with E-state index in [1.807, 2.05) is 10.8 Å². The zero-order chi connectivity index (χ0) is 18.4. The molecule has 0 atom stereocenters. The van der Waals surface area contributed by atoms with Crippen LogP contribution in [0.3, 0.4) is 0 Å².